The van der Waals surface area contributed by atoms with Gasteiger partial charge in [-0.1, -0.05) is 0 Å². The first-order chi connectivity index (χ1) is 7.86. The Morgan fingerprint density at radius 2 is 1.94 bits per heavy atom. The standard InChI is InChI=1S/C10H18N4O2/c1-16-6-2-3-11-9-7-10(12-4-5-15)14-8-13-9/h7-8,15H,2-6H2,1H3,(H2,11,12,13,14). The van der Waals surface area contributed by atoms with E-state index in [4.69, 9.17) is 9.84 Å². The van der Waals surface area contributed by atoms with E-state index in [1.54, 1.807) is 7.11 Å². The van der Waals surface area contributed by atoms with Crippen LogP contribution in [0.3, 0.4) is 0 Å². The molecule has 6 nitrogen and oxygen atoms in total. The van der Waals surface area contributed by atoms with Gasteiger partial charge < -0.3 is 20.5 Å². The summed E-state index contributed by atoms with van der Waals surface area (Å²) in [5.41, 5.74) is 0. The molecular weight excluding hydrogens is 208 g/mol. The molecule has 0 saturated heterocycles. The number of ether oxygens (including phenoxy) is 1. The lowest BCUT2D eigenvalue weighted by atomic mass is 10.4. The molecule has 0 atom stereocenters. The number of nitrogens with zero attached hydrogens (tertiary/aromatic N) is 2. The number of hydrogen-bond donors (Lipinski definition) is 3. The second-order valence-electron chi connectivity index (χ2n) is 3.21. The van der Waals surface area contributed by atoms with E-state index < -0.39 is 0 Å². The summed E-state index contributed by atoms with van der Waals surface area (Å²) in [6.07, 6.45) is 2.41. The minimum absolute atomic E-state index is 0.0839. The first-order valence-corrected chi connectivity index (χ1v) is 5.26. The highest BCUT2D eigenvalue weighted by molar-refractivity contribution is 5.46. The summed E-state index contributed by atoms with van der Waals surface area (Å²) in [5, 5.41) is 14.8. The van der Waals surface area contributed by atoms with E-state index in [2.05, 4.69) is 20.6 Å². The van der Waals surface area contributed by atoms with E-state index in [1.807, 2.05) is 6.07 Å². The topological polar surface area (TPSA) is 79.3 Å². The summed E-state index contributed by atoms with van der Waals surface area (Å²) < 4.78 is 4.94. The third kappa shape index (κ3) is 4.90. The number of rotatable bonds is 8. The molecular formula is C10H18N4O2. The van der Waals surface area contributed by atoms with Crippen LogP contribution in [0.2, 0.25) is 0 Å². The van der Waals surface area contributed by atoms with Gasteiger partial charge in [0.2, 0.25) is 0 Å². The fraction of sp³-hybridized carbons (Fsp3) is 0.600. The molecule has 0 amide bonds. The molecule has 0 radical (unpaired) electrons. The third-order valence-electron chi connectivity index (χ3n) is 1.92. The van der Waals surface area contributed by atoms with Gasteiger partial charge in [0, 0.05) is 32.9 Å². The van der Waals surface area contributed by atoms with E-state index in [0.29, 0.717) is 12.4 Å². The number of hydrogen-bond acceptors (Lipinski definition) is 6. The monoisotopic (exact) mass is 226 g/mol. The fourth-order valence-corrected chi connectivity index (χ4v) is 1.17. The van der Waals surface area contributed by atoms with Crippen LogP contribution in [0.5, 0.6) is 0 Å². The average Bonchev–Trinajstić information content (AvgIpc) is 2.33. The van der Waals surface area contributed by atoms with Crippen LogP contribution >= 0.6 is 0 Å². The summed E-state index contributed by atoms with van der Waals surface area (Å²) in [7, 11) is 1.68. The lowest BCUT2D eigenvalue weighted by Crippen LogP contribution is -2.09. The van der Waals surface area contributed by atoms with E-state index >= 15 is 0 Å². The Balaban J connectivity index is 2.35. The number of anilines is 2. The smallest absolute Gasteiger partial charge is 0.131 e. The van der Waals surface area contributed by atoms with Gasteiger partial charge in [-0.05, 0) is 6.42 Å². The Morgan fingerprint density at radius 1 is 1.25 bits per heavy atom. The van der Waals surface area contributed by atoms with Gasteiger partial charge in [-0.2, -0.15) is 0 Å². The maximum atomic E-state index is 8.66. The molecule has 0 spiro atoms. The molecule has 1 heterocycles. The number of methoxy groups -OCH3 is 1. The van der Waals surface area contributed by atoms with Crippen molar-refractivity contribution in [3.63, 3.8) is 0 Å². The van der Waals surface area contributed by atoms with Gasteiger partial charge in [0.25, 0.3) is 0 Å². The summed E-state index contributed by atoms with van der Waals surface area (Å²) >= 11 is 0. The van der Waals surface area contributed by atoms with E-state index in [1.165, 1.54) is 6.33 Å². The molecule has 0 aliphatic rings. The minimum Gasteiger partial charge on any atom is -0.395 e. The minimum atomic E-state index is 0.0839. The van der Waals surface area contributed by atoms with Crippen molar-refractivity contribution in [3.8, 4) is 0 Å². The molecule has 0 unspecified atom stereocenters. The zero-order valence-corrected chi connectivity index (χ0v) is 9.44. The highest BCUT2D eigenvalue weighted by atomic mass is 16.5. The first kappa shape index (κ1) is 12.7. The molecule has 1 aromatic rings. The van der Waals surface area contributed by atoms with E-state index in [0.717, 1.165) is 25.4 Å². The van der Waals surface area contributed by atoms with Crippen LogP contribution in [0.1, 0.15) is 6.42 Å². The van der Waals surface area contributed by atoms with Crippen molar-refractivity contribution >= 4 is 11.6 Å². The second kappa shape index (κ2) is 7.84. The first-order valence-electron chi connectivity index (χ1n) is 5.26. The van der Waals surface area contributed by atoms with Crippen LogP contribution in [-0.2, 0) is 4.74 Å². The molecule has 1 rings (SSSR count). The molecule has 90 valence electrons. The Hall–Kier alpha value is -1.40. The van der Waals surface area contributed by atoms with Gasteiger partial charge in [-0.15, -0.1) is 0 Å². The van der Waals surface area contributed by atoms with Crippen LogP contribution in [0.25, 0.3) is 0 Å². The number of nitrogens with one attached hydrogen (secondary N) is 2. The molecule has 1 aromatic heterocycles. The molecule has 0 aliphatic carbocycles. The van der Waals surface area contributed by atoms with Gasteiger partial charge in [0.1, 0.15) is 18.0 Å². The molecule has 16 heavy (non-hydrogen) atoms. The van der Waals surface area contributed by atoms with Crippen LogP contribution < -0.4 is 10.6 Å². The molecule has 3 N–H and O–H groups in total. The van der Waals surface area contributed by atoms with E-state index in [9.17, 15) is 0 Å². The molecule has 0 aromatic carbocycles. The summed E-state index contributed by atoms with van der Waals surface area (Å²) in [6, 6.07) is 1.81. The fourth-order valence-electron chi connectivity index (χ4n) is 1.17. The van der Waals surface area contributed by atoms with E-state index in [-0.39, 0.29) is 6.61 Å². The van der Waals surface area contributed by atoms with Gasteiger partial charge in [0.15, 0.2) is 0 Å². The maximum Gasteiger partial charge on any atom is 0.131 e. The van der Waals surface area contributed by atoms with Crippen molar-refractivity contribution in [1.82, 2.24) is 9.97 Å². The molecule has 0 aliphatic heterocycles. The van der Waals surface area contributed by atoms with Crippen LogP contribution in [0, 0.1) is 0 Å². The van der Waals surface area contributed by atoms with Crippen molar-refractivity contribution in [3.05, 3.63) is 12.4 Å². The van der Waals surface area contributed by atoms with Crippen LogP contribution in [-0.4, -0.2) is 48.5 Å². The Bertz CT molecular complexity index is 296. The molecule has 0 bridgehead atoms. The van der Waals surface area contributed by atoms with Crippen molar-refractivity contribution in [2.24, 2.45) is 0 Å². The summed E-state index contributed by atoms with van der Waals surface area (Å²) in [4.78, 5) is 8.10. The predicted molar refractivity (Wildman–Crippen MR) is 62.6 cm³/mol. The van der Waals surface area contributed by atoms with Crippen molar-refractivity contribution in [2.45, 2.75) is 6.42 Å². The maximum absolute atomic E-state index is 8.66. The van der Waals surface area contributed by atoms with Gasteiger partial charge >= 0.3 is 0 Å². The third-order valence-corrected chi connectivity index (χ3v) is 1.92. The van der Waals surface area contributed by atoms with Crippen molar-refractivity contribution in [1.29, 1.82) is 0 Å². The van der Waals surface area contributed by atoms with Crippen LogP contribution in [0.4, 0.5) is 11.6 Å². The Labute approximate surface area is 95.1 Å². The van der Waals surface area contributed by atoms with Gasteiger partial charge in [0.05, 0.1) is 6.61 Å². The normalized spacial score (nSPS) is 10.1. The lowest BCUT2D eigenvalue weighted by molar-refractivity contribution is 0.198. The summed E-state index contributed by atoms with van der Waals surface area (Å²) in [5.74, 6) is 1.48. The zero-order chi connectivity index (χ0) is 11.6. The Morgan fingerprint density at radius 3 is 2.56 bits per heavy atom. The summed E-state index contributed by atoms with van der Waals surface area (Å²) in [6.45, 7) is 2.11. The SMILES string of the molecule is COCCCNc1cc(NCCO)ncn1. The number of aromatic nitrogens is 2. The zero-order valence-electron chi connectivity index (χ0n) is 9.44. The highest BCUT2D eigenvalue weighted by Gasteiger charge is 1.97. The average molecular weight is 226 g/mol. The van der Waals surface area contributed by atoms with Crippen molar-refractivity contribution < 1.29 is 9.84 Å². The van der Waals surface area contributed by atoms with Crippen molar-refractivity contribution in [2.75, 3.05) is 44.0 Å². The Kier molecular flexibility index (Phi) is 6.20. The predicted octanol–water partition coefficient (Wildman–Crippen LogP) is 0.329. The number of aliphatic hydroxyl groups is 1. The molecule has 0 fully saturated rings. The largest absolute Gasteiger partial charge is 0.395 e. The van der Waals surface area contributed by atoms with Gasteiger partial charge in [-0.25, -0.2) is 9.97 Å². The molecule has 0 saturated carbocycles. The highest BCUT2D eigenvalue weighted by Crippen LogP contribution is 2.07. The second-order valence-corrected chi connectivity index (χ2v) is 3.21. The van der Waals surface area contributed by atoms with Gasteiger partial charge in [-0.3, -0.25) is 0 Å². The lowest BCUT2D eigenvalue weighted by Gasteiger charge is -2.07. The number of aliphatic hydroxyl groups excluding tert-OH is 1. The van der Waals surface area contributed by atoms with Crippen LogP contribution in [0.15, 0.2) is 12.4 Å². The quantitative estimate of drug-likeness (QED) is 0.554. The molecule has 6 heteroatoms.